The number of hydrogen-bond acceptors (Lipinski definition) is 6. The molecule has 0 aliphatic heterocycles. The molecule has 2 N–H and O–H groups in total. The van der Waals surface area contributed by atoms with Crippen molar-refractivity contribution in [1.82, 2.24) is 15.0 Å². The van der Waals surface area contributed by atoms with Gasteiger partial charge in [-0.2, -0.15) is 0 Å². The first-order valence-corrected chi connectivity index (χ1v) is 7.98. The van der Waals surface area contributed by atoms with Gasteiger partial charge >= 0.3 is 0 Å². The molecule has 6 heteroatoms. The summed E-state index contributed by atoms with van der Waals surface area (Å²) in [5.74, 6) is 1.42. The zero-order valence-electron chi connectivity index (χ0n) is 12.8. The first-order valence-electron chi connectivity index (χ1n) is 7.16. The van der Waals surface area contributed by atoms with Gasteiger partial charge in [0, 0.05) is 29.4 Å². The van der Waals surface area contributed by atoms with E-state index >= 15 is 0 Å². The second-order valence-corrected chi connectivity index (χ2v) is 6.53. The number of aromatic nitrogens is 3. The van der Waals surface area contributed by atoms with Gasteiger partial charge in [0.05, 0.1) is 11.5 Å². The standard InChI is InChI=1S/C16H18N4OS/c1-9(21)7-18-15-13-10(2)11(3)22-16(13)20-14(19-15)12-5-4-6-17-8-12/h4-6,8-9,21H,7H2,1-3H3,(H,18,19,20). The Morgan fingerprint density at radius 2 is 2.14 bits per heavy atom. The molecule has 0 spiro atoms. The number of aryl methyl sites for hydroxylation is 2. The normalized spacial score (nSPS) is 12.5. The van der Waals surface area contributed by atoms with Crippen molar-refractivity contribution >= 4 is 27.4 Å². The van der Waals surface area contributed by atoms with E-state index in [0.29, 0.717) is 12.4 Å². The van der Waals surface area contributed by atoms with Gasteiger partial charge in [0.25, 0.3) is 0 Å². The minimum atomic E-state index is -0.438. The van der Waals surface area contributed by atoms with Crippen LogP contribution in [-0.4, -0.2) is 32.7 Å². The molecule has 0 saturated carbocycles. The van der Waals surface area contributed by atoms with E-state index in [1.807, 2.05) is 12.1 Å². The van der Waals surface area contributed by atoms with E-state index in [-0.39, 0.29) is 0 Å². The fourth-order valence-corrected chi connectivity index (χ4v) is 3.28. The Balaban J connectivity index is 2.16. The Labute approximate surface area is 133 Å². The Morgan fingerprint density at radius 3 is 2.82 bits per heavy atom. The minimum Gasteiger partial charge on any atom is -0.392 e. The van der Waals surface area contributed by atoms with Crippen molar-refractivity contribution in [3.05, 3.63) is 35.0 Å². The number of nitrogens with zero attached hydrogens (tertiary/aromatic N) is 3. The Morgan fingerprint density at radius 1 is 1.32 bits per heavy atom. The number of aliphatic hydroxyl groups is 1. The van der Waals surface area contributed by atoms with Crippen LogP contribution in [0.15, 0.2) is 24.5 Å². The van der Waals surface area contributed by atoms with Crippen molar-refractivity contribution in [2.24, 2.45) is 0 Å². The number of pyridine rings is 1. The third-order valence-electron chi connectivity index (χ3n) is 3.51. The molecule has 0 aliphatic carbocycles. The SMILES string of the molecule is Cc1sc2nc(-c3cccnc3)nc(NCC(C)O)c2c1C. The number of hydrogen-bond donors (Lipinski definition) is 2. The van der Waals surface area contributed by atoms with Gasteiger partial charge in [0.1, 0.15) is 10.6 Å². The van der Waals surface area contributed by atoms with Gasteiger partial charge in [0.15, 0.2) is 5.82 Å². The molecule has 0 radical (unpaired) electrons. The third kappa shape index (κ3) is 2.80. The summed E-state index contributed by atoms with van der Waals surface area (Å²) in [6.45, 7) is 6.37. The average Bonchev–Trinajstić information content (AvgIpc) is 2.80. The predicted molar refractivity (Wildman–Crippen MR) is 90.3 cm³/mol. The second-order valence-electron chi connectivity index (χ2n) is 5.33. The van der Waals surface area contributed by atoms with Gasteiger partial charge in [-0.25, -0.2) is 9.97 Å². The van der Waals surface area contributed by atoms with Crippen LogP contribution in [0.4, 0.5) is 5.82 Å². The molecule has 114 valence electrons. The molecule has 3 rings (SSSR count). The molecule has 0 bridgehead atoms. The smallest absolute Gasteiger partial charge is 0.164 e. The lowest BCUT2D eigenvalue weighted by molar-refractivity contribution is 0.208. The van der Waals surface area contributed by atoms with Gasteiger partial charge in [-0.05, 0) is 38.5 Å². The van der Waals surface area contributed by atoms with Crippen molar-refractivity contribution in [3.8, 4) is 11.4 Å². The van der Waals surface area contributed by atoms with Crippen LogP contribution in [0.1, 0.15) is 17.4 Å². The predicted octanol–water partition coefficient (Wildman–Crippen LogP) is 3.16. The Bertz CT molecular complexity index is 799. The largest absolute Gasteiger partial charge is 0.392 e. The second kappa shape index (κ2) is 5.98. The van der Waals surface area contributed by atoms with Crippen molar-refractivity contribution in [1.29, 1.82) is 0 Å². The monoisotopic (exact) mass is 314 g/mol. The van der Waals surface area contributed by atoms with E-state index in [2.05, 4.69) is 34.1 Å². The van der Waals surface area contributed by atoms with Crippen LogP contribution in [0.5, 0.6) is 0 Å². The molecule has 0 saturated heterocycles. The van der Waals surface area contributed by atoms with Crippen LogP contribution in [0.25, 0.3) is 21.6 Å². The van der Waals surface area contributed by atoms with Gasteiger partial charge in [-0.15, -0.1) is 11.3 Å². The number of rotatable bonds is 4. The maximum absolute atomic E-state index is 9.53. The van der Waals surface area contributed by atoms with Crippen LogP contribution < -0.4 is 5.32 Å². The fourth-order valence-electron chi connectivity index (χ4n) is 2.25. The summed E-state index contributed by atoms with van der Waals surface area (Å²) < 4.78 is 0. The topological polar surface area (TPSA) is 70.9 Å². The molecule has 3 heterocycles. The molecular formula is C16H18N4OS. The first kappa shape index (κ1) is 14.9. The summed E-state index contributed by atoms with van der Waals surface area (Å²) in [7, 11) is 0. The van der Waals surface area contributed by atoms with Crippen molar-refractivity contribution < 1.29 is 5.11 Å². The van der Waals surface area contributed by atoms with Crippen molar-refractivity contribution in [2.75, 3.05) is 11.9 Å². The zero-order chi connectivity index (χ0) is 15.7. The number of fused-ring (bicyclic) bond motifs is 1. The average molecular weight is 314 g/mol. The number of anilines is 1. The molecule has 3 aromatic heterocycles. The van der Waals surface area contributed by atoms with Crippen LogP contribution in [0, 0.1) is 13.8 Å². The molecule has 5 nitrogen and oxygen atoms in total. The maximum atomic E-state index is 9.53. The number of thiophene rings is 1. The van der Waals surface area contributed by atoms with Gasteiger partial charge in [-0.3, -0.25) is 4.98 Å². The molecule has 1 atom stereocenters. The molecule has 0 fully saturated rings. The highest BCUT2D eigenvalue weighted by Crippen LogP contribution is 2.34. The highest BCUT2D eigenvalue weighted by atomic mass is 32.1. The summed E-state index contributed by atoms with van der Waals surface area (Å²) >= 11 is 1.66. The highest BCUT2D eigenvalue weighted by Gasteiger charge is 2.15. The molecule has 22 heavy (non-hydrogen) atoms. The summed E-state index contributed by atoms with van der Waals surface area (Å²) in [5.41, 5.74) is 2.07. The van der Waals surface area contributed by atoms with E-state index < -0.39 is 6.10 Å². The summed E-state index contributed by atoms with van der Waals surface area (Å²) in [5, 5.41) is 13.8. The van der Waals surface area contributed by atoms with Gasteiger partial charge in [-0.1, -0.05) is 0 Å². The Kier molecular flexibility index (Phi) is 4.04. The van der Waals surface area contributed by atoms with E-state index in [1.54, 1.807) is 30.7 Å². The van der Waals surface area contributed by atoms with Crippen LogP contribution in [0.3, 0.4) is 0 Å². The lowest BCUT2D eigenvalue weighted by atomic mass is 10.2. The van der Waals surface area contributed by atoms with Gasteiger partial charge in [0.2, 0.25) is 0 Å². The van der Waals surface area contributed by atoms with E-state index in [4.69, 9.17) is 0 Å². The molecule has 3 aromatic rings. The zero-order valence-corrected chi connectivity index (χ0v) is 13.6. The van der Waals surface area contributed by atoms with E-state index in [1.165, 1.54) is 10.4 Å². The van der Waals surface area contributed by atoms with Gasteiger partial charge < -0.3 is 10.4 Å². The molecule has 0 amide bonds. The van der Waals surface area contributed by atoms with Crippen molar-refractivity contribution in [2.45, 2.75) is 26.9 Å². The summed E-state index contributed by atoms with van der Waals surface area (Å²) in [6, 6.07) is 3.82. The molecule has 0 aliphatic rings. The quantitative estimate of drug-likeness (QED) is 0.774. The number of aliphatic hydroxyl groups excluding tert-OH is 1. The Hall–Kier alpha value is -2.05. The number of nitrogens with one attached hydrogen (secondary N) is 1. The molecular weight excluding hydrogens is 296 g/mol. The third-order valence-corrected chi connectivity index (χ3v) is 4.61. The van der Waals surface area contributed by atoms with Crippen LogP contribution in [0.2, 0.25) is 0 Å². The maximum Gasteiger partial charge on any atom is 0.164 e. The lowest BCUT2D eigenvalue weighted by Crippen LogP contribution is -2.16. The van der Waals surface area contributed by atoms with Crippen LogP contribution >= 0.6 is 11.3 Å². The van der Waals surface area contributed by atoms with Crippen LogP contribution in [-0.2, 0) is 0 Å². The highest BCUT2D eigenvalue weighted by molar-refractivity contribution is 7.18. The summed E-state index contributed by atoms with van der Waals surface area (Å²) in [4.78, 5) is 15.6. The van der Waals surface area contributed by atoms with E-state index in [0.717, 1.165) is 21.6 Å². The molecule has 0 aromatic carbocycles. The summed E-state index contributed by atoms with van der Waals surface area (Å²) in [6.07, 6.45) is 3.05. The first-order chi connectivity index (χ1) is 10.6. The minimum absolute atomic E-state index is 0.438. The van der Waals surface area contributed by atoms with E-state index in [9.17, 15) is 5.11 Å². The van der Waals surface area contributed by atoms with Crippen molar-refractivity contribution in [3.63, 3.8) is 0 Å². The fraction of sp³-hybridized carbons (Fsp3) is 0.312. The molecule has 1 unspecified atom stereocenters. The lowest BCUT2D eigenvalue weighted by Gasteiger charge is -2.11.